The van der Waals surface area contributed by atoms with E-state index in [2.05, 4.69) is 0 Å². The lowest BCUT2D eigenvalue weighted by molar-refractivity contribution is -0.162. The molecule has 1 unspecified atom stereocenters. The van der Waals surface area contributed by atoms with Crippen molar-refractivity contribution in [1.29, 1.82) is 0 Å². The van der Waals surface area contributed by atoms with Crippen molar-refractivity contribution >= 4 is 17.8 Å². The maximum absolute atomic E-state index is 14.3. The molecule has 1 aromatic rings. The standard InChI is InChI=1S/C28H34N2O6/c1-18(2)20(17-31)30-23-25(33)29(16-19-10-5-4-6-11-19)14-9-13-28(23)21(24(30)32)22-26(34)35-15-8-7-12-27(22,3)36-28/h4-7,9-13,18,20-23,31H,8,14-17H2,1-3H3/t20-,21-,22-,23?,27+,28-/m0/s1. The number of carbonyl (C=O) groups is 3. The molecule has 4 aliphatic rings. The molecule has 36 heavy (non-hydrogen) atoms. The molecule has 1 aromatic carbocycles. The Hall–Kier alpha value is -2.97. The minimum atomic E-state index is -1.35. The quantitative estimate of drug-likeness (QED) is 0.497. The van der Waals surface area contributed by atoms with E-state index in [0.717, 1.165) is 5.56 Å². The van der Waals surface area contributed by atoms with Gasteiger partial charge in [0, 0.05) is 13.1 Å². The molecule has 192 valence electrons. The molecule has 1 spiro atoms. The third-order valence-corrected chi connectivity index (χ3v) is 8.07. The number of ether oxygens (including phenoxy) is 2. The first-order chi connectivity index (χ1) is 17.2. The van der Waals surface area contributed by atoms with Gasteiger partial charge in [-0.1, -0.05) is 68.5 Å². The Morgan fingerprint density at radius 3 is 2.50 bits per heavy atom. The number of aliphatic hydroxyl groups is 1. The lowest BCUT2D eigenvalue weighted by atomic mass is 9.74. The lowest BCUT2D eigenvalue weighted by Gasteiger charge is -2.41. The highest BCUT2D eigenvalue weighted by molar-refractivity contribution is 5.99. The molecular weight excluding hydrogens is 460 g/mol. The van der Waals surface area contributed by atoms with Gasteiger partial charge < -0.3 is 24.4 Å². The van der Waals surface area contributed by atoms with Gasteiger partial charge in [-0.15, -0.1) is 0 Å². The van der Waals surface area contributed by atoms with Crippen molar-refractivity contribution in [1.82, 2.24) is 9.80 Å². The largest absolute Gasteiger partial charge is 0.465 e. The molecule has 8 heteroatoms. The van der Waals surface area contributed by atoms with Gasteiger partial charge in [0.1, 0.15) is 17.6 Å². The van der Waals surface area contributed by atoms with Crippen LogP contribution in [0, 0.1) is 17.8 Å². The molecule has 4 heterocycles. The fraction of sp³-hybridized carbons (Fsp3) is 0.536. The summed E-state index contributed by atoms with van der Waals surface area (Å²) in [4.78, 5) is 45.0. The average Bonchev–Trinajstić information content (AvgIpc) is 3.16. The van der Waals surface area contributed by atoms with Crippen molar-refractivity contribution in [3.8, 4) is 0 Å². The van der Waals surface area contributed by atoms with Crippen molar-refractivity contribution in [3.63, 3.8) is 0 Å². The Bertz CT molecular complexity index is 1100. The van der Waals surface area contributed by atoms with Crippen LogP contribution in [0.3, 0.4) is 0 Å². The number of fused-ring (bicyclic) bond motifs is 2. The Balaban J connectivity index is 1.64. The Labute approximate surface area is 211 Å². The van der Waals surface area contributed by atoms with E-state index < -0.39 is 41.1 Å². The zero-order valence-electron chi connectivity index (χ0n) is 21.0. The third kappa shape index (κ3) is 3.69. The number of amides is 2. The summed E-state index contributed by atoms with van der Waals surface area (Å²) >= 11 is 0. The van der Waals surface area contributed by atoms with Gasteiger partial charge in [0.25, 0.3) is 0 Å². The molecule has 6 atom stereocenters. The van der Waals surface area contributed by atoms with E-state index >= 15 is 0 Å². The highest BCUT2D eigenvalue weighted by atomic mass is 16.6. The van der Waals surface area contributed by atoms with Crippen LogP contribution in [0.4, 0.5) is 0 Å². The predicted molar refractivity (Wildman–Crippen MR) is 131 cm³/mol. The molecular formula is C28H34N2O6. The van der Waals surface area contributed by atoms with Gasteiger partial charge in [0.15, 0.2) is 0 Å². The summed E-state index contributed by atoms with van der Waals surface area (Å²) in [5.41, 5.74) is -1.49. The summed E-state index contributed by atoms with van der Waals surface area (Å²) in [7, 11) is 0. The SMILES string of the molecule is CC(C)[C@H](CO)N1C(=O)[C@@H]2[C@H]3C(=O)OCCC=C[C@@]3(C)O[C@@]23C=CCN(Cc2ccccc2)C(=O)C13. The lowest BCUT2D eigenvalue weighted by Crippen LogP contribution is -2.59. The van der Waals surface area contributed by atoms with Crippen molar-refractivity contribution < 1.29 is 29.0 Å². The van der Waals surface area contributed by atoms with Crippen LogP contribution in [0.25, 0.3) is 0 Å². The fourth-order valence-electron chi connectivity index (χ4n) is 6.40. The zero-order chi connectivity index (χ0) is 25.7. The molecule has 8 nitrogen and oxygen atoms in total. The predicted octanol–water partition coefficient (Wildman–Crippen LogP) is 2.08. The number of benzene rings is 1. The van der Waals surface area contributed by atoms with E-state index in [1.165, 1.54) is 4.90 Å². The molecule has 0 aliphatic carbocycles. The summed E-state index contributed by atoms with van der Waals surface area (Å²) in [6, 6.07) is 8.07. The third-order valence-electron chi connectivity index (χ3n) is 8.07. The second-order valence-electron chi connectivity index (χ2n) is 10.7. The van der Waals surface area contributed by atoms with E-state index in [1.54, 1.807) is 11.8 Å². The van der Waals surface area contributed by atoms with Gasteiger partial charge in [0.05, 0.1) is 30.8 Å². The van der Waals surface area contributed by atoms with Gasteiger partial charge in [-0.25, -0.2) is 0 Å². The number of carbonyl (C=O) groups excluding carboxylic acids is 3. The molecule has 0 radical (unpaired) electrons. The highest BCUT2D eigenvalue weighted by Crippen LogP contribution is 2.57. The van der Waals surface area contributed by atoms with Crippen molar-refractivity contribution in [2.75, 3.05) is 19.8 Å². The molecule has 0 bridgehead atoms. The van der Waals surface area contributed by atoms with Crippen molar-refractivity contribution in [2.45, 2.75) is 57.0 Å². The zero-order valence-corrected chi connectivity index (χ0v) is 21.0. The van der Waals surface area contributed by atoms with E-state index in [-0.39, 0.29) is 30.9 Å². The second-order valence-corrected chi connectivity index (χ2v) is 10.7. The Morgan fingerprint density at radius 1 is 1.06 bits per heavy atom. The molecule has 1 N–H and O–H groups in total. The summed E-state index contributed by atoms with van der Waals surface area (Å²) in [6.45, 7) is 6.25. The number of likely N-dealkylation sites (tertiary alicyclic amines) is 1. The van der Waals surface area contributed by atoms with Crippen molar-refractivity contribution in [2.24, 2.45) is 17.8 Å². The number of hydrogen-bond acceptors (Lipinski definition) is 6. The van der Waals surface area contributed by atoms with Gasteiger partial charge in [0.2, 0.25) is 11.8 Å². The minimum absolute atomic E-state index is 0.118. The fourth-order valence-corrected chi connectivity index (χ4v) is 6.40. The van der Waals surface area contributed by atoms with Crippen LogP contribution in [0.1, 0.15) is 32.8 Å². The smallest absolute Gasteiger partial charge is 0.313 e. The molecule has 4 aliphatic heterocycles. The van der Waals surface area contributed by atoms with E-state index in [1.807, 2.05) is 68.5 Å². The van der Waals surface area contributed by atoms with Crippen LogP contribution in [-0.2, 0) is 30.4 Å². The maximum Gasteiger partial charge on any atom is 0.313 e. The summed E-state index contributed by atoms with van der Waals surface area (Å²) < 4.78 is 12.2. The van der Waals surface area contributed by atoms with Crippen LogP contribution in [0.15, 0.2) is 54.6 Å². The number of esters is 1. The maximum atomic E-state index is 14.3. The van der Waals surface area contributed by atoms with Gasteiger partial charge in [-0.2, -0.15) is 0 Å². The van der Waals surface area contributed by atoms with Crippen LogP contribution in [-0.4, -0.2) is 75.7 Å². The molecule has 5 rings (SSSR count). The van der Waals surface area contributed by atoms with Gasteiger partial charge >= 0.3 is 5.97 Å². The summed E-state index contributed by atoms with van der Waals surface area (Å²) in [5, 5.41) is 10.3. The molecule has 2 saturated heterocycles. The van der Waals surface area contributed by atoms with E-state index in [4.69, 9.17) is 9.47 Å². The Morgan fingerprint density at radius 2 is 1.81 bits per heavy atom. The molecule has 2 amide bonds. The van der Waals surface area contributed by atoms with Crippen LogP contribution >= 0.6 is 0 Å². The minimum Gasteiger partial charge on any atom is -0.465 e. The number of hydrogen-bond donors (Lipinski definition) is 1. The first-order valence-electron chi connectivity index (χ1n) is 12.7. The van der Waals surface area contributed by atoms with E-state index in [0.29, 0.717) is 19.5 Å². The summed E-state index contributed by atoms with van der Waals surface area (Å²) in [5.74, 6) is -3.06. The number of nitrogens with zero attached hydrogens (tertiary/aromatic N) is 2. The molecule has 2 fully saturated rings. The van der Waals surface area contributed by atoms with Gasteiger partial charge in [-0.3, -0.25) is 14.4 Å². The number of rotatable bonds is 5. The van der Waals surface area contributed by atoms with Crippen LogP contribution in [0.5, 0.6) is 0 Å². The first kappa shape index (κ1) is 24.7. The number of cyclic esters (lactones) is 1. The van der Waals surface area contributed by atoms with Gasteiger partial charge in [-0.05, 0) is 24.8 Å². The molecule has 0 aromatic heterocycles. The summed E-state index contributed by atoms with van der Waals surface area (Å²) in [6.07, 6.45) is 7.98. The second kappa shape index (κ2) is 9.16. The molecule has 0 saturated carbocycles. The van der Waals surface area contributed by atoms with Crippen LogP contribution in [0.2, 0.25) is 0 Å². The average molecular weight is 495 g/mol. The monoisotopic (exact) mass is 494 g/mol. The van der Waals surface area contributed by atoms with E-state index in [9.17, 15) is 19.5 Å². The topological polar surface area (TPSA) is 96.4 Å². The highest BCUT2D eigenvalue weighted by Gasteiger charge is 2.75. The van der Waals surface area contributed by atoms with Crippen LogP contribution < -0.4 is 0 Å². The normalized spacial score (nSPS) is 34.6. The Kier molecular flexibility index (Phi) is 6.29. The first-order valence-corrected chi connectivity index (χ1v) is 12.7. The number of aliphatic hydroxyl groups excluding tert-OH is 1. The van der Waals surface area contributed by atoms with Crippen molar-refractivity contribution in [3.05, 3.63) is 60.2 Å².